The zero-order chi connectivity index (χ0) is 33.3. The first-order valence-electron chi connectivity index (χ1n) is 14.3. The van der Waals surface area contributed by atoms with Crippen LogP contribution >= 0.6 is 57.9 Å². The van der Waals surface area contributed by atoms with Crippen LogP contribution in [0, 0.1) is 0 Å². The van der Waals surface area contributed by atoms with Crippen molar-refractivity contribution in [3.8, 4) is 11.3 Å². The molecule has 1 atom stereocenters. The van der Waals surface area contributed by atoms with Crippen LogP contribution in [0.25, 0.3) is 17.3 Å². The Bertz CT molecular complexity index is 1950. The van der Waals surface area contributed by atoms with E-state index in [1.165, 1.54) is 23.1 Å². The molecule has 0 spiro atoms. The SMILES string of the molecule is CCC(Sc1cccc(NC(=O)/C(=C/c2cccc(Cl)c2)NC(=O)c2ccccc2)c1)C(=O)Nc1nc(-c2ccc(Cl)c(Cl)c2)cs1. The number of nitrogens with zero attached hydrogens (tertiary/aromatic N) is 1. The standard InChI is InChI=1S/C35H27Cl3N4O3S2/c1-2-31(34(45)42-35-41-30(20-46-35)23-14-15-27(37)28(38)18-23)47-26-13-7-12-25(19-26)39-33(44)29(17-21-8-6-11-24(36)16-21)40-32(43)22-9-4-3-5-10-22/h3-20,31H,2H2,1H3,(H,39,44)(H,40,43)(H,41,42,45)/b29-17-. The second kappa shape index (κ2) is 16.1. The molecule has 0 aliphatic carbocycles. The number of rotatable bonds is 11. The second-order valence-corrected chi connectivity index (χ2v) is 13.5. The van der Waals surface area contributed by atoms with E-state index in [-0.39, 0.29) is 11.6 Å². The summed E-state index contributed by atoms with van der Waals surface area (Å²) in [6.07, 6.45) is 2.11. The molecule has 0 bridgehead atoms. The number of thiazole rings is 1. The van der Waals surface area contributed by atoms with Gasteiger partial charge in [0.1, 0.15) is 5.70 Å². The van der Waals surface area contributed by atoms with Crippen LogP contribution in [0.2, 0.25) is 15.1 Å². The summed E-state index contributed by atoms with van der Waals surface area (Å²) in [7, 11) is 0. The van der Waals surface area contributed by atoms with Gasteiger partial charge in [-0.05, 0) is 72.7 Å². The number of amides is 3. The van der Waals surface area contributed by atoms with E-state index in [9.17, 15) is 14.4 Å². The second-order valence-electron chi connectivity index (χ2n) is 10.1. The fourth-order valence-electron chi connectivity index (χ4n) is 4.34. The molecule has 0 saturated carbocycles. The molecule has 0 aliphatic heterocycles. The number of carbonyl (C=O) groups is 3. The van der Waals surface area contributed by atoms with E-state index in [2.05, 4.69) is 20.9 Å². The molecule has 47 heavy (non-hydrogen) atoms. The highest BCUT2D eigenvalue weighted by molar-refractivity contribution is 8.00. The number of carbonyl (C=O) groups excluding carboxylic acids is 3. The van der Waals surface area contributed by atoms with Gasteiger partial charge in [0.2, 0.25) is 5.91 Å². The fraction of sp³-hybridized carbons (Fsp3) is 0.0857. The van der Waals surface area contributed by atoms with Crippen molar-refractivity contribution in [2.24, 2.45) is 0 Å². The number of aromatic nitrogens is 1. The van der Waals surface area contributed by atoms with Crippen molar-refractivity contribution in [3.63, 3.8) is 0 Å². The highest BCUT2D eigenvalue weighted by Gasteiger charge is 2.21. The normalized spacial score (nSPS) is 11.9. The fourth-order valence-corrected chi connectivity index (χ4v) is 6.58. The van der Waals surface area contributed by atoms with Gasteiger partial charge in [0.05, 0.1) is 21.0 Å². The van der Waals surface area contributed by atoms with Gasteiger partial charge in [-0.25, -0.2) is 4.98 Å². The van der Waals surface area contributed by atoms with Crippen LogP contribution in [0.4, 0.5) is 10.8 Å². The predicted molar refractivity (Wildman–Crippen MR) is 195 cm³/mol. The molecule has 0 aliphatic rings. The third-order valence-corrected chi connectivity index (χ3v) is 9.76. The zero-order valence-electron chi connectivity index (χ0n) is 24.8. The Balaban J connectivity index is 1.27. The lowest BCUT2D eigenvalue weighted by Gasteiger charge is -2.15. The lowest BCUT2D eigenvalue weighted by atomic mass is 10.1. The molecule has 1 heterocycles. The summed E-state index contributed by atoms with van der Waals surface area (Å²) in [6, 6.07) is 28.0. The molecule has 0 radical (unpaired) electrons. The molecular formula is C35H27Cl3N4O3S2. The van der Waals surface area contributed by atoms with Crippen molar-refractivity contribution < 1.29 is 14.4 Å². The van der Waals surface area contributed by atoms with Gasteiger partial charge in [-0.15, -0.1) is 23.1 Å². The highest BCUT2D eigenvalue weighted by Crippen LogP contribution is 2.32. The lowest BCUT2D eigenvalue weighted by molar-refractivity contribution is -0.116. The Kier molecular flexibility index (Phi) is 11.7. The van der Waals surface area contributed by atoms with E-state index in [4.69, 9.17) is 34.8 Å². The van der Waals surface area contributed by atoms with Gasteiger partial charge in [0.25, 0.3) is 11.8 Å². The van der Waals surface area contributed by atoms with Gasteiger partial charge in [-0.3, -0.25) is 14.4 Å². The van der Waals surface area contributed by atoms with Crippen LogP contribution in [0.3, 0.4) is 0 Å². The average Bonchev–Trinajstić information content (AvgIpc) is 3.53. The van der Waals surface area contributed by atoms with E-state index >= 15 is 0 Å². The molecule has 12 heteroatoms. The minimum atomic E-state index is -0.525. The monoisotopic (exact) mass is 720 g/mol. The Labute approximate surface area is 295 Å². The van der Waals surface area contributed by atoms with Crippen molar-refractivity contribution in [2.45, 2.75) is 23.5 Å². The van der Waals surface area contributed by atoms with Crippen LogP contribution in [-0.4, -0.2) is 28.0 Å². The summed E-state index contributed by atoms with van der Waals surface area (Å²) in [4.78, 5) is 45.0. The van der Waals surface area contributed by atoms with E-state index in [0.29, 0.717) is 49.1 Å². The van der Waals surface area contributed by atoms with Crippen molar-refractivity contribution in [3.05, 3.63) is 134 Å². The Morgan fingerprint density at radius 1 is 0.872 bits per heavy atom. The molecule has 4 aromatic carbocycles. The van der Waals surface area contributed by atoms with Gasteiger partial charge < -0.3 is 16.0 Å². The summed E-state index contributed by atoms with van der Waals surface area (Å²) >= 11 is 21.0. The van der Waals surface area contributed by atoms with E-state index in [1.54, 1.807) is 91.0 Å². The third kappa shape index (κ3) is 9.47. The van der Waals surface area contributed by atoms with Gasteiger partial charge >= 0.3 is 0 Å². The first-order chi connectivity index (χ1) is 22.7. The molecule has 5 aromatic rings. The molecule has 5 rings (SSSR count). The smallest absolute Gasteiger partial charge is 0.272 e. The van der Waals surface area contributed by atoms with E-state index in [1.807, 2.05) is 24.4 Å². The van der Waals surface area contributed by atoms with E-state index < -0.39 is 17.1 Å². The lowest BCUT2D eigenvalue weighted by Crippen LogP contribution is -2.30. The number of thioether (sulfide) groups is 1. The maximum Gasteiger partial charge on any atom is 0.272 e. The molecule has 3 N–H and O–H groups in total. The topological polar surface area (TPSA) is 100 Å². The number of benzene rings is 4. The summed E-state index contributed by atoms with van der Waals surface area (Å²) in [5.41, 5.74) is 3.05. The maximum absolute atomic E-state index is 13.5. The number of hydrogen-bond donors (Lipinski definition) is 3. The van der Waals surface area contributed by atoms with Crippen molar-refractivity contribution in [2.75, 3.05) is 10.6 Å². The minimum absolute atomic E-state index is 0.0358. The highest BCUT2D eigenvalue weighted by atomic mass is 35.5. The molecule has 7 nitrogen and oxygen atoms in total. The molecule has 0 saturated heterocycles. The van der Waals surface area contributed by atoms with Crippen LogP contribution in [0.1, 0.15) is 29.3 Å². The molecule has 0 fully saturated rings. The largest absolute Gasteiger partial charge is 0.321 e. The van der Waals surface area contributed by atoms with Crippen LogP contribution in [0.15, 0.2) is 113 Å². The van der Waals surface area contributed by atoms with Gasteiger partial charge in [0, 0.05) is 32.1 Å². The summed E-state index contributed by atoms with van der Waals surface area (Å²) in [5.74, 6) is -1.15. The first-order valence-corrected chi connectivity index (χ1v) is 17.2. The van der Waals surface area contributed by atoms with Gasteiger partial charge in [-0.2, -0.15) is 0 Å². The summed E-state index contributed by atoms with van der Waals surface area (Å²) < 4.78 is 0. The predicted octanol–water partition coefficient (Wildman–Crippen LogP) is 9.69. The maximum atomic E-state index is 13.5. The van der Waals surface area contributed by atoms with Crippen LogP contribution in [0.5, 0.6) is 0 Å². The number of anilines is 2. The third-order valence-electron chi connectivity index (χ3n) is 6.67. The Morgan fingerprint density at radius 3 is 2.40 bits per heavy atom. The summed E-state index contributed by atoms with van der Waals surface area (Å²) in [6.45, 7) is 1.92. The van der Waals surface area contributed by atoms with Crippen LogP contribution < -0.4 is 16.0 Å². The first kappa shape index (κ1) is 34.2. The Morgan fingerprint density at radius 2 is 1.66 bits per heavy atom. The van der Waals surface area contributed by atoms with Crippen molar-refractivity contribution in [1.82, 2.24) is 10.3 Å². The van der Waals surface area contributed by atoms with Crippen molar-refractivity contribution in [1.29, 1.82) is 0 Å². The average molecular weight is 722 g/mol. The number of nitrogens with one attached hydrogen (secondary N) is 3. The summed E-state index contributed by atoms with van der Waals surface area (Å²) in [5, 5.41) is 11.8. The van der Waals surface area contributed by atoms with Gasteiger partial charge in [0.15, 0.2) is 5.13 Å². The molecular weight excluding hydrogens is 695 g/mol. The molecule has 1 aromatic heterocycles. The minimum Gasteiger partial charge on any atom is -0.321 e. The molecule has 1 unspecified atom stereocenters. The molecule has 238 valence electrons. The Hall–Kier alpha value is -4.12. The number of hydrogen-bond acceptors (Lipinski definition) is 6. The quantitative estimate of drug-likeness (QED) is 0.0932. The zero-order valence-corrected chi connectivity index (χ0v) is 28.7. The molecule has 3 amide bonds. The van der Waals surface area contributed by atoms with Crippen molar-refractivity contribution >= 4 is 92.5 Å². The van der Waals surface area contributed by atoms with Gasteiger partial charge in [-0.1, -0.05) is 84.2 Å². The van der Waals surface area contributed by atoms with E-state index in [0.717, 1.165) is 10.5 Å². The number of halogens is 3. The van der Waals surface area contributed by atoms with Crippen LogP contribution in [-0.2, 0) is 9.59 Å².